The Bertz CT molecular complexity index is 1430. The third-order valence-electron chi connectivity index (χ3n) is 5.80. The fourth-order valence-electron chi connectivity index (χ4n) is 4.41. The van der Waals surface area contributed by atoms with Crippen LogP contribution in [0.25, 0.3) is 0 Å². The molecule has 9 nitrogen and oxygen atoms in total. The van der Waals surface area contributed by atoms with Crippen LogP contribution in [-0.2, 0) is 10.3 Å². The average molecular weight is 505 g/mol. The molecule has 0 fully saturated rings. The van der Waals surface area contributed by atoms with Crippen molar-refractivity contribution in [1.29, 1.82) is 0 Å². The summed E-state index contributed by atoms with van der Waals surface area (Å²) in [5, 5.41) is 30.0. The summed E-state index contributed by atoms with van der Waals surface area (Å²) in [6.07, 6.45) is 0. The molecule has 1 spiro atoms. The van der Waals surface area contributed by atoms with Crippen LogP contribution in [0, 0.1) is 0 Å². The number of carboxylic acids is 1. The van der Waals surface area contributed by atoms with Crippen LogP contribution >= 0.6 is 23.2 Å². The number of rotatable bonds is 3. The van der Waals surface area contributed by atoms with Crippen LogP contribution in [0.4, 0.5) is 0 Å². The maximum absolute atomic E-state index is 13.2. The minimum absolute atomic E-state index is 0.00481. The topological polar surface area (TPSA) is 132 Å². The predicted octanol–water partition coefficient (Wildman–Crippen LogP) is 4.69. The largest absolute Gasteiger partial charge is 0.506 e. The summed E-state index contributed by atoms with van der Waals surface area (Å²) in [7, 11) is 2.57. The van der Waals surface area contributed by atoms with Gasteiger partial charge in [-0.25, -0.2) is 9.59 Å². The zero-order chi connectivity index (χ0) is 24.5. The highest BCUT2D eigenvalue weighted by atomic mass is 35.5. The molecular weight excluding hydrogens is 491 g/mol. The van der Waals surface area contributed by atoms with Crippen molar-refractivity contribution in [2.45, 2.75) is 5.60 Å². The number of benzene rings is 3. The van der Waals surface area contributed by atoms with Crippen molar-refractivity contribution in [1.82, 2.24) is 0 Å². The molecular formula is C23H14Cl2O9. The van der Waals surface area contributed by atoms with Gasteiger partial charge in [0.2, 0.25) is 0 Å². The average Bonchev–Trinajstić information content (AvgIpc) is 3.10. The van der Waals surface area contributed by atoms with E-state index >= 15 is 0 Å². The number of carbonyl (C=O) groups is 2. The van der Waals surface area contributed by atoms with Gasteiger partial charge in [-0.1, -0.05) is 23.2 Å². The van der Waals surface area contributed by atoms with Crippen molar-refractivity contribution in [3.63, 3.8) is 0 Å². The molecule has 0 aliphatic carbocycles. The lowest BCUT2D eigenvalue weighted by Gasteiger charge is -2.37. The molecule has 0 saturated carbocycles. The standard InChI is InChI=1S/C23H14Cl2O9/c1-31-15-6-10-14(7-13(15)27)33-20-9(3-4-12(26)18(20)25)23(10)17-16(22(30)34-23)11(24)5-8(21(28)29)19(17)32-2/h3-7,26-27H,1-2H3,(H,28,29). The van der Waals surface area contributed by atoms with Crippen LogP contribution in [-0.4, -0.2) is 41.5 Å². The molecule has 34 heavy (non-hydrogen) atoms. The summed E-state index contributed by atoms with van der Waals surface area (Å²) in [4.78, 5) is 25.2. The smallest absolute Gasteiger partial charge is 0.341 e. The van der Waals surface area contributed by atoms with Gasteiger partial charge < -0.3 is 34.3 Å². The molecule has 3 N–H and O–H groups in total. The minimum Gasteiger partial charge on any atom is -0.506 e. The molecule has 0 aromatic heterocycles. The second-order valence-corrected chi connectivity index (χ2v) is 8.25. The van der Waals surface area contributed by atoms with Gasteiger partial charge in [0.05, 0.1) is 35.9 Å². The Morgan fingerprint density at radius 1 is 1.03 bits per heavy atom. The Morgan fingerprint density at radius 2 is 1.76 bits per heavy atom. The van der Waals surface area contributed by atoms with E-state index in [0.717, 1.165) is 6.07 Å². The van der Waals surface area contributed by atoms with Gasteiger partial charge >= 0.3 is 11.9 Å². The van der Waals surface area contributed by atoms with Gasteiger partial charge in [0, 0.05) is 11.6 Å². The number of phenols is 2. The van der Waals surface area contributed by atoms with E-state index in [2.05, 4.69) is 0 Å². The number of ether oxygens (including phenoxy) is 4. The second-order valence-electron chi connectivity index (χ2n) is 7.46. The van der Waals surface area contributed by atoms with E-state index < -0.39 is 17.5 Å². The molecule has 2 aliphatic rings. The molecule has 5 rings (SSSR count). The van der Waals surface area contributed by atoms with E-state index in [9.17, 15) is 24.9 Å². The fourth-order valence-corrected chi connectivity index (χ4v) is 4.89. The highest BCUT2D eigenvalue weighted by Crippen LogP contribution is 2.62. The number of carboxylic acid groups (broad SMARTS) is 1. The molecule has 2 aliphatic heterocycles. The highest BCUT2D eigenvalue weighted by Gasteiger charge is 2.57. The maximum Gasteiger partial charge on any atom is 0.341 e. The van der Waals surface area contributed by atoms with Gasteiger partial charge in [0.15, 0.2) is 22.8 Å². The third-order valence-corrected chi connectivity index (χ3v) is 6.46. The normalized spacial score (nSPS) is 17.4. The Kier molecular flexibility index (Phi) is 4.75. The second kappa shape index (κ2) is 7.34. The molecule has 0 amide bonds. The summed E-state index contributed by atoms with van der Waals surface area (Å²) in [6.45, 7) is 0. The van der Waals surface area contributed by atoms with Crippen LogP contribution in [0.5, 0.6) is 34.5 Å². The summed E-state index contributed by atoms with van der Waals surface area (Å²) >= 11 is 12.7. The van der Waals surface area contributed by atoms with Crippen LogP contribution < -0.4 is 14.2 Å². The van der Waals surface area contributed by atoms with Crippen molar-refractivity contribution >= 4 is 35.1 Å². The number of fused-ring (bicyclic) bond motifs is 6. The molecule has 0 bridgehead atoms. The van der Waals surface area contributed by atoms with E-state index in [0.29, 0.717) is 0 Å². The summed E-state index contributed by atoms with van der Waals surface area (Å²) in [5.41, 5.74) is -1.94. The molecule has 2 heterocycles. The monoisotopic (exact) mass is 504 g/mol. The number of aromatic carboxylic acids is 1. The minimum atomic E-state index is -1.87. The quantitative estimate of drug-likeness (QED) is 0.434. The summed E-state index contributed by atoms with van der Waals surface area (Å²) < 4.78 is 22.6. The maximum atomic E-state index is 13.2. The van der Waals surface area contributed by atoms with Crippen LogP contribution in [0.2, 0.25) is 10.0 Å². The van der Waals surface area contributed by atoms with Crippen molar-refractivity contribution < 1.29 is 43.9 Å². The van der Waals surface area contributed by atoms with Gasteiger partial charge in [-0.2, -0.15) is 0 Å². The zero-order valence-corrected chi connectivity index (χ0v) is 18.9. The number of phenolic OH excluding ortho intramolecular Hbond substituents is 2. The molecule has 174 valence electrons. The van der Waals surface area contributed by atoms with Crippen molar-refractivity contribution in [2.75, 3.05) is 14.2 Å². The van der Waals surface area contributed by atoms with Gasteiger partial charge in [0.1, 0.15) is 27.8 Å². The van der Waals surface area contributed by atoms with Crippen LogP contribution in [0.15, 0.2) is 30.3 Å². The van der Waals surface area contributed by atoms with Crippen LogP contribution in [0.1, 0.15) is 37.4 Å². The van der Waals surface area contributed by atoms with Gasteiger partial charge in [-0.3, -0.25) is 0 Å². The first-order chi connectivity index (χ1) is 16.1. The van der Waals surface area contributed by atoms with Gasteiger partial charge in [0.25, 0.3) is 0 Å². The Balaban J connectivity index is 2.01. The molecule has 11 heteroatoms. The van der Waals surface area contributed by atoms with Gasteiger partial charge in [-0.05, 0) is 24.3 Å². The molecule has 3 aromatic carbocycles. The van der Waals surface area contributed by atoms with Gasteiger partial charge in [-0.15, -0.1) is 0 Å². The number of aromatic hydroxyl groups is 2. The van der Waals surface area contributed by atoms with E-state index in [1.165, 1.54) is 38.5 Å². The zero-order valence-electron chi connectivity index (χ0n) is 17.4. The van der Waals surface area contributed by atoms with Crippen molar-refractivity contribution in [3.8, 4) is 34.5 Å². The Hall–Kier alpha value is -3.82. The van der Waals surface area contributed by atoms with E-state index in [1.807, 2.05) is 0 Å². The first kappa shape index (κ1) is 22.0. The number of hydrogen-bond donors (Lipinski definition) is 3. The van der Waals surface area contributed by atoms with Crippen LogP contribution in [0.3, 0.4) is 0 Å². The molecule has 1 unspecified atom stereocenters. The summed E-state index contributed by atoms with van der Waals surface area (Å²) in [6, 6.07) is 6.40. The molecule has 3 aromatic rings. The van der Waals surface area contributed by atoms with E-state index in [1.54, 1.807) is 0 Å². The molecule has 0 saturated heterocycles. The number of carbonyl (C=O) groups excluding carboxylic acids is 1. The van der Waals surface area contributed by atoms with Crippen molar-refractivity contribution in [2.24, 2.45) is 0 Å². The van der Waals surface area contributed by atoms with E-state index in [-0.39, 0.29) is 72.4 Å². The lowest BCUT2D eigenvalue weighted by atomic mass is 9.76. The third kappa shape index (κ3) is 2.68. The first-order valence-corrected chi connectivity index (χ1v) is 10.4. The fraction of sp³-hybridized carbons (Fsp3) is 0.130. The molecule has 0 radical (unpaired) electrons. The molecule has 1 atom stereocenters. The lowest BCUT2D eigenvalue weighted by Crippen LogP contribution is -2.33. The number of esters is 1. The SMILES string of the molecule is COc1cc2c(cc1O)Oc1c(ccc(O)c1Cl)C21OC(=O)c2c(Cl)cc(C(=O)O)c(OC)c21. The predicted molar refractivity (Wildman–Crippen MR) is 118 cm³/mol. The number of methoxy groups -OCH3 is 2. The highest BCUT2D eigenvalue weighted by molar-refractivity contribution is 6.35. The van der Waals surface area contributed by atoms with Crippen molar-refractivity contribution in [3.05, 3.63) is 68.2 Å². The lowest BCUT2D eigenvalue weighted by molar-refractivity contribution is 0.0219. The summed E-state index contributed by atoms with van der Waals surface area (Å²) in [5.74, 6) is -3.01. The van der Waals surface area contributed by atoms with E-state index in [4.69, 9.17) is 42.1 Å². The number of halogens is 2. The Labute approximate surface area is 201 Å². The first-order valence-electron chi connectivity index (χ1n) is 9.64. The Morgan fingerprint density at radius 3 is 2.41 bits per heavy atom. The number of hydrogen-bond acceptors (Lipinski definition) is 8.